The molecule has 1 aliphatic rings. The molecule has 0 aliphatic carbocycles. The Kier molecular flexibility index (Phi) is 6.64. The second-order valence-corrected chi connectivity index (χ2v) is 7.65. The largest absolute Gasteiger partial charge is 0.507 e. The molecule has 0 amide bonds. The van der Waals surface area contributed by atoms with Crippen molar-refractivity contribution in [2.45, 2.75) is 30.7 Å². The van der Waals surface area contributed by atoms with Crippen molar-refractivity contribution in [2.75, 3.05) is 20.8 Å². The molecule has 11 heteroatoms. The Morgan fingerprint density at radius 1 is 0.941 bits per heavy atom. The minimum absolute atomic E-state index is 0.0519. The summed E-state index contributed by atoms with van der Waals surface area (Å²) in [6.07, 6.45) is -7.07. The summed E-state index contributed by atoms with van der Waals surface area (Å²) in [5.74, 6) is 0.209. The lowest BCUT2D eigenvalue weighted by Gasteiger charge is -2.39. The van der Waals surface area contributed by atoms with Crippen LogP contribution in [0.15, 0.2) is 45.6 Å². The van der Waals surface area contributed by atoms with E-state index in [1.54, 1.807) is 12.1 Å². The molecule has 1 aliphatic heterocycles. The Balaban J connectivity index is 1.66. The highest BCUT2D eigenvalue weighted by atomic mass is 16.7. The molecule has 5 atom stereocenters. The Morgan fingerprint density at radius 2 is 1.65 bits per heavy atom. The standard InChI is InChI=1S/C23H24O11/c1-30-12-7-13(25)16-14(8-12)33-21(22(31-2)18(16)27)10-3-5-11(6-4-10)32-23-20(29)19(28)17(26)15(9-24)34-23/h3-8,15,17,19-20,23-26,28-29H,9H2,1-2H3/t15-,17-,19+,20-,23+/m1/s1. The van der Waals surface area contributed by atoms with Crippen molar-refractivity contribution in [3.05, 3.63) is 46.6 Å². The van der Waals surface area contributed by atoms with Gasteiger partial charge in [0.25, 0.3) is 0 Å². The molecular formula is C23H24O11. The van der Waals surface area contributed by atoms with Crippen LogP contribution in [0.4, 0.5) is 0 Å². The van der Waals surface area contributed by atoms with Crippen molar-refractivity contribution in [2.24, 2.45) is 0 Å². The van der Waals surface area contributed by atoms with Crippen molar-refractivity contribution >= 4 is 11.0 Å². The molecule has 11 nitrogen and oxygen atoms in total. The maximum atomic E-state index is 12.9. The second kappa shape index (κ2) is 9.49. The van der Waals surface area contributed by atoms with Crippen LogP contribution in [0, 0.1) is 0 Å². The summed E-state index contributed by atoms with van der Waals surface area (Å²) in [6, 6.07) is 8.89. The summed E-state index contributed by atoms with van der Waals surface area (Å²) in [5.41, 5.74) is -0.0286. The van der Waals surface area contributed by atoms with E-state index >= 15 is 0 Å². The van der Waals surface area contributed by atoms with E-state index in [9.17, 15) is 30.3 Å². The molecule has 34 heavy (non-hydrogen) atoms. The van der Waals surface area contributed by atoms with E-state index in [2.05, 4.69) is 0 Å². The average molecular weight is 476 g/mol. The van der Waals surface area contributed by atoms with E-state index in [0.29, 0.717) is 11.3 Å². The first-order valence-electron chi connectivity index (χ1n) is 10.3. The molecule has 1 saturated heterocycles. The topological polar surface area (TPSA) is 168 Å². The minimum atomic E-state index is -1.57. The molecule has 1 fully saturated rings. The highest BCUT2D eigenvalue weighted by Gasteiger charge is 2.44. The molecule has 0 saturated carbocycles. The van der Waals surface area contributed by atoms with E-state index in [-0.39, 0.29) is 34.0 Å². The zero-order valence-corrected chi connectivity index (χ0v) is 18.2. The number of benzene rings is 2. The number of phenols is 1. The van der Waals surface area contributed by atoms with Crippen LogP contribution in [0.5, 0.6) is 23.0 Å². The van der Waals surface area contributed by atoms with Crippen molar-refractivity contribution < 1.29 is 48.9 Å². The number of hydrogen-bond acceptors (Lipinski definition) is 11. The average Bonchev–Trinajstić information content (AvgIpc) is 2.84. The van der Waals surface area contributed by atoms with E-state index < -0.39 is 42.7 Å². The molecule has 0 spiro atoms. The summed E-state index contributed by atoms with van der Waals surface area (Å²) in [7, 11) is 2.72. The predicted octanol–water partition coefficient (Wildman–Crippen LogP) is 0.361. The van der Waals surface area contributed by atoms with Crippen molar-refractivity contribution in [1.82, 2.24) is 0 Å². The summed E-state index contributed by atoms with van der Waals surface area (Å²) in [5, 5.41) is 49.4. The third kappa shape index (κ3) is 4.15. The number of hydrogen-bond donors (Lipinski definition) is 5. The number of rotatable bonds is 6. The van der Waals surface area contributed by atoms with Gasteiger partial charge < -0.3 is 48.9 Å². The first kappa shape index (κ1) is 23.8. The molecule has 4 rings (SSSR count). The molecule has 1 aromatic heterocycles. The fourth-order valence-corrected chi connectivity index (χ4v) is 3.73. The van der Waals surface area contributed by atoms with Crippen molar-refractivity contribution in [3.63, 3.8) is 0 Å². The lowest BCUT2D eigenvalue weighted by Crippen LogP contribution is -2.60. The Hall–Kier alpha value is -3.35. The Bertz CT molecular complexity index is 1220. The van der Waals surface area contributed by atoms with Crippen LogP contribution in [0.25, 0.3) is 22.3 Å². The second-order valence-electron chi connectivity index (χ2n) is 7.65. The summed E-state index contributed by atoms with van der Waals surface area (Å²) in [4.78, 5) is 12.9. The van der Waals surface area contributed by atoms with Gasteiger partial charge in [-0.15, -0.1) is 0 Å². The number of methoxy groups -OCH3 is 2. The van der Waals surface area contributed by atoms with Gasteiger partial charge in [0.05, 0.1) is 20.8 Å². The number of aromatic hydroxyl groups is 1. The van der Waals surface area contributed by atoms with Gasteiger partial charge in [0.15, 0.2) is 5.76 Å². The third-order valence-electron chi connectivity index (χ3n) is 5.56. The van der Waals surface area contributed by atoms with Gasteiger partial charge in [-0.1, -0.05) is 0 Å². The monoisotopic (exact) mass is 476 g/mol. The van der Waals surface area contributed by atoms with Crippen molar-refractivity contribution in [1.29, 1.82) is 0 Å². The van der Waals surface area contributed by atoms with Gasteiger partial charge in [-0.2, -0.15) is 0 Å². The van der Waals surface area contributed by atoms with Crippen molar-refractivity contribution in [3.8, 4) is 34.3 Å². The fraction of sp³-hybridized carbons (Fsp3) is 0.348. The lowest BCUT2D eigenvalue weighted by molar-refractivity contribution is -0.277. The lowest BCUT2D eigenvalue weighted by atomic mass is 9.99. The van der Waals surface area contributed by atoms with Crippen LogP contribution in [-0.2, 0) is 4.74 Å². The van der Waals surface area contributed by atoms with E-state index in [1.165, 1.54) is 38.5 Å². The van der Waals surface area contributed by atoms with E-state index in [0.717, 1.165) is 0 Å². The van der Waals surface area contributed by atoms with Gasteiger partial charge in [-0.05, 0) is 24.3 Å². The summed E-state index contributed by atoms with van der Waals surface area (Å²) >= 11 is 0. The van der Waals surface area contributed by atoms with Crippen LogP contribution in [0.3, 0.4) is 0 Å². The Morgan fingerprint density at radius 3 is 2.26 bits per heavy atom. The molecule has 3 aromatic rings. The number of aliphatic hydroxyl groups is 4. The molecule has 2 heterocycles. The number of phenolic OH excluding ortho intramolecular Hbond substituents is 1. The van der Waals surface area contributed by atoms with Crippen LogP contribution in [0.1, 0.15) is 0 Å². The zero-order valence-electron chi connectivity index (χ0n) is 18.2. The van der Waals surface area contributed by atoms with Gasteiger partial charge in [0.1, 0.15) is 52.6 Å². The molecule has 2 aromatic carbocycles. The van der Waals surface area contributed by atoms with Crippen LogP contribution >= 0.6 is 0 Å². The highest BCUT2D eigenvalue weighted by Crippen LogP contribution is 2.36. The van der Waals surface area contributed by atoms with Gasteiger partial charge in [-0.25, -0.2) is 0 Å². The molecule has 182 valence electrons. The molecule has 0 bridgehead atoms. The maximum Gasteiger partial charge on any atom is 0.239 e. The quantitative estimate of drug-likeness (QED) is 0.333. The highest BCUT2D eigenvalue weighted by molar-refractivity contribution is 5.88. The zero-order chi connectivity index (χ0) is 24.6. The predicted molar refractivity (Wildman–Crippen MR) is 117 cm³/mol. The molecule has 0 unspecified atom stereocenters. The molecule has 5 N–H and O–H groups in total. The van der Waals surface area contributed by atoms with Crippen LogP contribution in [-0.4, -0.2) is 77.1 Å². The first-order valence-corrected chi connectivity index (χ1v) is 10.3. The maximum absolute atomic E-state index is 12.9. The number of ether oxygens (including phenoxy) is 4. The van der Waals surface area contributed by atoms with E-state index in [1.807, 2.05) is 0 Å². The van der Waals surface area contributed by atoms with Crippen LogP contribution < -0.4 is 19.6 Å². The number of fused-ring (bicyclic) bond motifs is 1. The van der Waals surface area contributed by atoms with Gasteiger partial charge in [-0.3, -0.25) is 4.79 Å². The van der Waals surface area contributed by atoms with Gasteiger partial charge in [0, 0.05) is 17.7 Å². The fourth-order valence-electron chi connectivity index (χ4n) is 3.73. The first-order chi connectivity index (χ1) is 16.3. The summed E-state index contributed by atoms with van der Waals surface area (Å²) in [6.45, 7) is -0.578. The normalized spacial score (nSPS) is 24.7. The van der Waals surface area contributed by atoms with Crippen LogP contribution in [0.2, 0.25) is 0 Å². The third-order valence-corrected chi connectivity index (χ3v) is 5.56. The summed E-state index contributed by atoms with van der Waals surface area (Å²) < 4.78 is 27.2. The SMILES string of the molecule is COc1cc(O)c2c(=O)c(OC)c(-c3ccc(O[C@H]4O[C@H](CO)[C@@H](O)[C@H](O)[C@H]4O)cc3)oc2c1. The van der Waals surface area contributed by atoms with Gasteiger partial charge in [0.2, 0.25) is 17.5 Å². The molecular weight excluding hydrogens is 452 g/mol. The van der Waals surface area contributed by atoms with E-state index in [4.69, 9.17) is 23.4 Å². The smallest absolute Gasteiger partial charge is 0.239 e. The minimum Gasteiger partial charge on any atom is -0.507 e. The Labute approximate surface area is 192 Å². The molecule has 0 radical (unpaired) electrons. The van der Waals surface area contributed by atoms with Gasteiger partial charge >= 0.3 is 0 Å². The number of aliphatic hydroxyl groups excluding tert-OH is 4.